The van der Waals surface area contributed by atoms with E-state index >= 15 is 0 Å². The number of Topliss-reactive ketones (excluding diaryl/α,β-unsaturated/α-hetero) is 1. The number of alkyl halides is 3. The number of anilines is 1. The van der Waals surface area contributed by atoms with Crippen molar-refractivity contribution in [2.75, 3.05) is 18.0 Å². The van der Waals surface area contributed by atoms with Crippen LogP contribution < -0.4 is 4.90 Å². The molecule has 0 radical (unpaired) electrons. The van der Waals surface area contributed by atoms with Gasteiger partial charge < -0.3 is 4.90 Å². The van der Waals surface area contributed by atoms with Crippen LogP contribution in [0.4, 0.5) is 19.0 Å². The van der Waals surface area contributed by atoms with Crippen molar-refractivity contribution < 1.29 is 18.0 Å². The lowest BCUT2D eigenvalue weighted by molar-refractivity contribution is -0.137. The Morgan fingerprint density at radius 2 is 1.75 bits per heavy atom. The van der Waals surface area contributed by atoms with Crippen molar-refractivity contribution in [2.24, 2.45) is 0 Å². The molecule has 7 heteroatoms. The highest BCUT2D eigenvalue weighted by Gasteiger charge is 2.30. The van der Waals surface area contributed by atoms with Crippen LogP contribution in [0.5, 0.6) is 0 Å². The van der Waals surface area contributed by atoms with Gasteiger partial charge in [0.2, 0.25) is 0 Å². The summed E-state index contributed by atoms with van der Waals surface area (Å²) < 4.78 is 37.9. The average Bonchev–Trinajstić information content (AvgIpc) is 2.56. The SMILES string of the molecule is O=C1CCN(c2ncncc2Cc2ccc(C(F)(F)F)cc2)CC1. The molecule has 0 amide bonds. The van der Waals surface area contributed by atoms with Gasteiger partial charge >= 0.3 is 6.18 Å². The lowest BCUT2D eigenvalue weighted by atomic mass is 10.0. The summed E-state index contributed by atoms with van der Waals surface area (Å²) >= 11 is 0. The topological polar surface area (TPSA) is 46.1 Å². The van der Waals surface area contributed by atoms with Crippen LogP contribution in [0.25, 0.3) is 0 Å². The van der Waals surface area contributed by atoms with Crippen LogP contribution in [-0.4, -0.2) is 28.8 Å². The van der Waals surface area contributed by atoms with Crippen LogP contribution >= 0.6 is 0 Å². The second-order valence-corrected chi connectivity index (χ2v) is 5.77. The molecule has 0 saturated carbocycles. The van der Waals surface area contributed by atoms with Gasteiger partial charge in [-0.2, -0.15) is 13.2 Å². The minimum absolute atomic E-state index is 0.240. The Morgan fingerprint density at radius 3 is 2.38 bits per heavy atom. The number of halogens is 3. The lowest BCUT2D eigenvalue weighted by Gasteiger charge is -2.28. The van der Waals surface area contributed by atoms with Gasteiger partial charge in [0, 0.05) is 44.1 Å². The monoisotopic (exact) mass is 335 g/mol. The number of ketones is 1. The summed E-state index contributed by atoms with van der Waals surface area (Å²) in [5.74, 6) is 0.988. The van der Waals surface area contributed by atoms with Crippen molar-refractivity contribution in [3.63, 3.8) is 0 Å². The maximum absolute atomic E-state index is 12.6. The third-order valence-corrected chi connectivity index (χ3v) is 4.06. The maximum Gasteiger partial charge on any atom is 0.416 e. The van der Waals surface area contributed by atoms with E-state index in [9.17, 15) is 18.0 Å². The van der Waals surface area contributed by atoms with Gasteiger partial charge in [-0.25, -0.2) is 9.97 Å². The largest absolute Gasteiger partial charge is 0.416 e. The summed E-state index contributed by atoms with van der Waals surface area (Å²) in [5.41, 5.74) is 0.934. The number of aromatic nitrogens is 2. The molecule has 1 aromatic heterocycles. The first-order chi connectivity index (χ1) is 11.4. The molecule has 0 spiro atoms. The van der Waals surface area contributed by atoms with Crippen LogP contribution in [0.1, 0.15) is 29.5 Å². The Balaban J connectivity index is 1.79. The van der Waals surface area contributed by atoms with Gasteiger partial charge in [-0.1, -0.05) is 12.1 Å². The van der Waals surface area contributed by atoms with Gasteiger partial charge in [0.15, 0.2) is 0 Å². The predicted octanol–water partition coefficient (Wildman–Crippen LogP) is 3.26. The van der Waals surface area contributed by atoms with Gasteiger partial charge in [-0.15, -0.1) is 0 Å². The summed E-state index contributed by atoms with van der Waals surface area (Å²) in [4.78, 5) is 21.7. The minimum atomic E-state index is -4.33. The number of carbonyl (C=O) groups is 1. The molecule has 0 N–H and O–H groups in total. The van der Waals surface area contributed by atoms with E-state index in [1.807, 2.05) is 4.90 Å². The molecular weight excluding hydrogens is 319 g/mol. The van der Waals surface area contributed by atoms with Gasteiger partial charge in [0.25, 0.3) is 0 Å². The Hall–Kier alpha value is -2.44. The quantitative estimate of drug-likeness (QED) is 0.864. The summed E-state index contributed by atoms with van der Waals surface area (Å²) in [6.45, 7) is 1.21. The Kier molecular flexibility index (Phi) is 4.51. The Labute approximate surface area is 137 Å². The molecular formula is C17H16F3N3O. The van der Waals surface area contributed by atoms with E-state index in [0.29, 0.717) is 32.4 Å². The summed E-state index contributed by atoms with van der Waals surface area (Å²) in [6, 6.07) is 5.11. The molecule has 0 bridgehead atoms. The Morgan fingerprint density at radius 1 is 1.08 bits per heavy atom. The second-order valence-electron chi connectivity index (χ2n) is 5.77. The lowest BCUT2D eigenvalue weighted by Crippen LogP contribution is -2.35. The van der Waals surface area contributed by atoms with Crippen LogP contribution in [0.15, 0.2) is 36.8 Å². The second kappa shape index (κ2) is 6.59. The minimum Gasteiger partial charge on any atom is -0.355 e. The first-order valence-electron chi connectivity index (χ1n) is 7.65. The molecule has 2 heterocycles. The first kappa shape index (κ1) is 16.4. The molecule has 0 atom stereocenters. The number of rotatable bonds is 3. The van der Waals surface area contributed by atoms with Gasteiger partial charge in [0.1, 0.15) is 17.9 Å². The zero-order chi connectivity index (χ0) is 17.2. The van der Waals surface area contributed by atoms with E-state index in [2.05, 4.69) is 9.97 Å². The molecule has 1 fully saturated rings. The van der Waals surface area contributed by atoms with Crippen LogP contribution in [0.2, 0.25) is 0 Å². The molecule has 24 heavy (non-hydrogen) atoms. The number of carbonyl (C=O) groups excluding carboxylic acids is 1. The van der Waals surface area contributed by atoms with Crippen molar-refractivity contribution in [1.82, 2.24) is 9.97 Å². The molecule has 3 rings (SSSR count). The number of piperidine rings is 1. The number of nitrogens with zero attached hydrogens (tertiary/aromatic N) is 3. The molecule has 0 unspecified atom stereocenters. The van der Waals surface area contributed by atoms with Crippen molar-refractivity contribution in [3.8, 4) is 0 Å². The molecule has 2 aromatic rings. The van der Waals surface area contributed by atoms with Crippen molar-refractivity contribution in [1.29, 1.82) is 0 Å². The standard InChI is InChI=1S/C17H16F3N3O/c18-17(19,20)14-3-1-12(2-4-14)9-13-10-21-11-22-16(13)23-7-5-15(24)6-8-23/h1-4,10-11H,5-9H2. The summed E-state index contributed by atoms with van der Waals surface area (Å²) in [5, 5.41) is 0. The predicted molar refractivity (Wildman–Crippen MR) is 82.7 cm³/mol. The highest BCUT2D eigenvalue weighted by atomic mass is 19.4. The number of hydrogen-bond acceptors (Lipinski definition) is 4. The van der Waals surface area contributed by atoms with Gasteiger partial charge in [-0.05, 0) is 17.7 Å². The summed E-state index contributed by atoms with van der Waals surface area (Å²) in [7, 11) is 0. The first-order valence-corrected chi connectivity index (χ1v) is 7.65. The van der Waals surface area contributed by atoms with E-state index in [0.717, 1.165) is 29.1 Å². The van der Waals surface area contributed by atoms with E-state index in [4.69, 9.17) is 0 Å². The van der Waals surface area contributed by atoms with Crippen molar-refractivity contribution in [2.45, 2.75) is 25.4 Å². The van der Waals surface area contributed by atoms with E-state index in [1.165, 1.54) is 18.5 Å². The molecule has 126 valence electrons. The third-order valence-electron chi connectivity index (χ3n) is 4.06. The highest BCUT2D eigenvalue weighted by molar-refractivity contribution is 5.81. The highest BCUT2D eigenvalue weighted by Crippen LogP contribution is 2.30. The van der Waals surface area contributed by atoms with Crippen LogP contribution in [0.3, 0.4) is 0 Å². The maximum atomic E-state index is 12.6. The van der Waals surface area contributed by atoms with Gasteiger partial charge in [-0.3, -0.25) is 4.79 Å². The number of benzene rings is 1. The fourth-order valence-corrected chi connectivity index (χ4v) is 2.76. The molecule has 1 saturated heterocycles. The van der Waals surface area contributed by atoms with E-state index in [-0.39, 0.29) is 5.78 Å². The van der Waals surface area contributed by atoms with E-state index < -0.39 is 11.7 Å². The normalized spacial score (nSPS) is 15.6. The average molecular weight is 335 g/mol. The molecule has 1 aromatic carbocycles. The summed E-state index contributed by atoms with van der Waals surface area (Å²) in [6.07, 6.45) is 0.213. The third kappa shape index (κ3) is 3.72. The Bertz CT molecular complexity index is 719. The van der Waals surface area contributed by atoms with Crippen molar-refractivity contribution in [3.05, 3.63) is 53.5 Å². The molecule has 1 aliphatic rings. The van der Waals surface area contributed by atoms with Gasteiger partial charge in [0.05, 0.1) is 5.56 Å². The molecule has 0 aliphatic carbocycles. The fraction of sp³-hybridized carbons (Fsp3) is 0.353. The van der Waals surface area contributed by atoms with E-state index in [1.54, 1.807) is 6.20 Å². The fourth-order valence-electron chi connectivity index (χ4n) is 2.76. The molecule has 1 aliphatic heterocycles. The number of hydrogen-bond donors (Lipinski definition) is 0. The zero-order valence-corrected chi connectivity index (χ0v) is 12.9. The molecule has 4 nitrogen and oxygen atoms in total. The smallest absolute Gasteiger partial charge is 0.355 e. The zero-order valence-electron chi connectivity index (χ0n) is 12.9. The van der Waals surface area contributed by atoms with Crippen LogP contribution in [-0.2, 0) is 17.4 Å². The van der Waals surface area contributed by atoms with Crippen molar-refractivity contribution >= 4 is 11.6 Å². The van der Waals surface area contributed by atoms with Crippen LogP contribution in [0, 0.1) is 0 Å².